The summed E-state index contributed by atoms with van der Waals surface area (Å²) in [5.74, 6) is -1.57. The zero-order chi connectivity index (χ0) is 15.2. The summed E-state index contributed by atoms with van der Waals surface area (Å²) in [6.45, 7) is 0.400. The van der Waals surface area contributed by atoms with Crippen molar-refractivity contribution in [2.24, 2.45) is 0 Å². The molecule has 0 radical (unpaired) electrons. The molecule has 4 nitrogen and oxygen atoms in total. The van der Waals surface area contributed by atoms with Crippen molar-refractivity contribution < 1.29 is 19.4 Å². The van der Waals surface area contributed by atoms with Crippen LogP contribution in [0.3, 0.4) is 0 Å². The van der Waals surface area contributed by atoms with Gasteiger partial charge in [0.25, 0.3) is 0 Å². The molecule has 2 rings (SSSR count). The van der Waals surface area contributed by atoms with E-state index in [0.29, 0.717) is 0 Å². The Morgan fingerprint density at radius 1 is 1.19 bits per heavy atom. The van der Waals surface area contributed by atoms with Gasteiger partial charge >= 0.3 is 5.97 Å². The van der Waals surface area contributed by atoms with Crippen LogP contribution in [0.25, 0.3) is 0 Å². The molecule has 1 unspecified atom stereocenters. The van der Waals surface area contributed by atoms with E-state index in [9.17, 15) is 14.3 Å². The van der Waals surface area contributed by atoms with Gasteiger partial charge in [-0.25, -0.2) is 9.18 Å². The number of nitrogens with one attached hydrogen (secondary N) is 1. The summed E-state index contributed by atoms with van der Waals surface area (Å²) in [5.41, 5.74) is 1.07. The summed E-state index contributed by atoms with van der Waals surface area (Å²) in [5, 5.41) is 21.8. The molecule has 3 N–H and O–H groups in total. The molecule has 2 aromatic carbocycles. The maximum absolute atomic E-state index is 13.6. The van der Waals surface area contributed by atoms with Crippen LogP contribution in [0.15, 0.2) is 48.5 Å². The van der Waals surface area contributed by atoms with Crippen LogP contribution >= 0.6 is 0 Å². The summed E-state index contributed by atoms with van der Waals surface area (Å²) in [6.07, 6.45) is -0.697. The smallest absolute Gasteiger partial charge is 0.335 e. The Kier molecular flexibility index (Phi) is 5.03. The summed E-state index contributed by atoms with van der Waals surface area (Å²) < 4.78 is 13.6. The Morgan fingerprint density at radius 2 is 1.90 bits per heavy atom. The highest BCUT2D eigenvalue weighted by Crippen LogP contribution is 2.13. The van der Waals surface area contributed by atoms with Gasteiger partial charge in [-0.15, -0.1) is 0 Å². The fourth-order valence-corrected chi connectivity index (χ4v) is 1.98. The van der Waals surface area contributed by atoms with Crippen molar-refractivity contribution in [3.05, 3.63) is 71.0 Å². The predicted molar refractivity (Wildman–Crippen MR) is 76.5 cm³/mol. The van der Waals surface area contributed by atoms with Gasteiger partial charge in [-0.05, 0) is 23.8 Å². The van der Waals surface area contributed by atoms with Crippen LogP contribution in [0.5, 0.6) is 0 Å². The van der Waals surface area contributed by atoms with Crippen LogP contribution in [0.1, 0.15) is 27.6 Å². The van der Waals surface area contributed by atoms with E-state index in [-0.39, 0.29) is 24.2 Å². The molecule has 0 fully saturated rings. The lowest BCUT2D eigenvalue weighted by atomic mass is 10.1. The normalized spacial score (nSPS) is 12.1. The lowest BCUT2D eigenvalue weighted by Crippen LogP contribution is -2.21. The van der Waals surface area contributed by atoms with Crippen LogP contribution in [0, 0.1) is 5.82 Å². The first-order valence-corrected chi connectivity index (χ1v) is 6.53. The lowest BCUT2D eigenvalue weighted by Gasteiger charge is -2.12. The van der Waals surface area contributed by atoms with Gasteiger partial charge < -0.3 is 15.5 Å². The van der Waals surface area contributed by atoms with Crippen LogP contribution in [0.2, 0.25) is 0 Å². The molecule has 0 aliphatic heterocycles. The number of aliphatic hydroxyl groups excluding tert-OH is 1. The largest absolute Gasteiger partial charge is 0.478 e. The molecular formula is C16H16FNO3. The Labute approximate surface area is 121 Å². The van der Waals surface area contributed by atoms with Crippen molar-refractivity contribution in [1.82, 2.24) is 5.32 Å². The third-order valence-electron chi connectivity index (χ3n) is 3.13. The van der Waals surface area contributed by atoms with Gasteiger partial charge in [0, 0.05) is 18.7 Å². The molecule has 110 valence electrons. The van der Waals surface area contributed by atoms with E-state index in [1.807, 2.05) is 18.2 Å². The summed E-state index contributed by atoms with van der Waals surface area (Å²) in [6, 6.07) is 12.8. The number of aliphatic hydroxyl groups is 1. The van der Waals surface area contributed by atoms with Gasteiger partial charge in [-0.3, -0.25) is 0 Å². The Morgan fingerprint density at radius 3 is 2.57 bits per heavy atom. The molecule has 2 aromatic rings. The quantitative estimate of drug-likeness (QED) is 0.763. The molecule has 0 amide bonds. The SMILES string of the molecule is O=C(O)c1ccc(F)c(CNCC(O)c2ccccc2)c1. The number of carboxylic acid groups (broad SMARTS) is 1. The molecule has 0 heterocycles. The van der Waals surface area contributed by atoms with Crippen molar-refractivity contribution in [2.45, 2.75) is 12.6 Å². The van der Waals surface area contributed by atoms with Gasteiger partial charge in [0.2, 0.25) is 0 Å². The van der Waals surface area contributed by atoms with E-state index < -0.39 is 17.9 Å². The van der Waals surface area contributed by atoms with Gasteiger partial charge in [-0.2, -0.15) is 0 Å². The average Bonchev–Trinajstić information content (AvgIpc) is 2.49. The topological polar surface area (TPSA) is 69.6 Å². The molecule has 0 aliphatic carbocycles. The lowest BCUT2D eigenvalue weighted by molar-refractivity contribution is 0.0696. The van der Waals surface area contributed by atoms with Crippen LogP contribution in [-0.2, 0) is 6.54 Å². The second-order valence-corrected chi connectivity index (χ2v) is 4.67. The van der Waals surface area contributed by atoms with E-state index >= 15 is 0 Å². The molecule has 0 aromatic heterocycles. The molecule has 0 saturated carbocycles. The van der Waals surface area contributed by atoms with Crippen molar-refractivity contribution in [3.63, 3.8) is 0 Å². The van der Waals surface area contributed by atoms with Gasteiger partial charge in [-0.1, -0.05) is 30.3 Å². The molecule has 0 spiro atoms. The summed E-state index contributed by atoms with van der Waals surface area (Å²) >= 11 is 0. The van der Waals surface area contributed by atoms with Gasteiger partial charge in [0.1, 0.15) is 5.82 Å². The van der Waals surface area contributed by atoms with Crippen molar-refractivity contribution in [1.29, 1.82) is 0 Å². The monoisotopic (exact) mass is 289 g/mol. The molecular weight excluding hydrogens is 273 g/mol. The number of carbonyl (C=O) groups is 1. The predicted octanol–water partition coefficient (Wildman–Crippen LogP) is 2.35. The van der Waals surface area contributed by atoms with Crippen molar-refractivity contribution in [2.75, 3.05) is 6.54 Å². The summed E-state index contributed by atoms with van der Waals surface area (Å²) in [4.78, 5) is 10.8. The second-order valence-electron chi connectivity index (χ2n) is 4.67. The van der Waals surface area contributed by atoms with Gasteiger partial charge in [0.05, 0.1) is 11.7 Å². The molecule has 0 saturated heterocycles. The van der Waals surface area contributed by atoms with E-state index in [0.717, 1.165) is 11.6 Å². The minimum atomic E-state index is -1.10. The van der Waals surface area contributed by atoms with Crippen molar-refractivity contribution >= 4 is 5.97 Å². The van der Waals surface area contributed by atoms with E-state index in [4.69, 9.17) is 5.11 Å². The zero-order valence-corrected chi connectivity index (χ0v) is 11.3. The molecule has 0 bridgehead atoms. The maximum atomic E-state index is 13.6. The first-order valence-electron chi connectivity index (χ1n) is 6.53. The fraction of sp³-hybridized carbons (Fsp3) is 0.188. The second kappa shape index (κ2) is 6.97. The van der Waals surface area contributed by atoms with Crippen LogP contribution < -0.4 is 5.32 Å². The number of carboxylic acids is 1. The highest BCUT2D eigenvalue weighted by molar-refractivity contribution is 5.87. The minimum Gasteiger partial charge on any atom is -0.478 e. The average molecular weight is 289 g/mol. The molecule has 21 heavy (non-hydrogen) atoms. The van der Waals surface area contributed by atoms with E-state index in [2.05, 4.69) is 5.32 Å². The van der Waals surface area contributed by atoms with Crippen LogP contribution in [0.4, 0.5) is 4.39 Å². The standard InChI is InChI=1S/C16H16FNO3/c17-14-7-6-12(16(20)21)8-13(14)9-18-10-15(19)11-4-2-1-3-5-11/h1-8,15,18-19H,9-10H2,(H,20,21). The molecule has 5 heteroatoms. The Bertz CT molecular complexity index is 616. The molecule has 1 atom stereocenters. The first kappa shape index (κ1) is 15.2. The fourth-order valence-electron chi connectivity index (χ4n) is 1.98. The zero-order valence-electron chi connectivity index (χ0n) is 11.3. The number of benzene rings is 2. The van der Waals surface area contributed by atoms with Crippen molar-refractivity contribution in [3.8, 4) is 0 Å². The Balaban J connectivity index is 1.94. The van der Waals surface area contributed by atoms with Gasteiger partial charge in [0.15, 0.2) is 0 Å². The highest BCUT2D eigenvalue weighted by atomic mass is 19.1. The van der Waals surface area contributed by atoms with Crippen LogP contribution in [-0.4, -0.2) is 22.7 Å². The van der Waals surface area contributed by atoms with E-state index in [1.165, 1.54) is 12.1 Å². The summed E-state index contributed by atoms with van der Waals surface area (Å²) in [7, 11) is 0. The molecule has 0 aliphatic rings. The Hall–Kier alpha value is -2.24. The number of hydrogen-bond acceptors (Lipinski definition) is 3. The third kappa shape index (κ3) is 4.11. The number of hydrogen-bond donors (Lipinski definition) is 3. The maximum Gasteiger partial charge on any atom is 0.335 e. The first-order chi connectivity index (χ1) is 10.1. The number of aromatic carboxylic acids is 1. The number of halogens is 1. The minimum absolute atomic E-state index is 0.0387. The third-order valence-corrected chi connectivity index (χ3v) is 3.13. The highest BCUT2D eigenvalue weighted by Gasteiger charge is 2.10. The number of rotatable bonds is 6. The van der Waals surface area contributed by atoms with E-state index in [1.54, 1.807) is 12.1 Å².